The standard InChI is InChI=1S/C9H10N4O2/c10-9-11-7-5(8(15)12-9)3-6(14)13(7)4-1-2-4/h4H,1-3H2,(H3,10,11,12,15). The fourth-order valence-electron chi connectivity index (χ4n) is 1.93. The number of amides is 1. The molecule has 1 aliphatic heterocycles. The van der Waals surface area contributed by atoms with Gasteiger partial charge in [0.2, 0.25) is 11.9 Å². The van der Waals surface area contributed by atoms with Crippen LogP contribution in [0.15, 0.2) is 4.79 Å². The number of nitrogens with zero attached hydrogens (tertiary/aromatic N) is 2. The van der Waals surface area contributed by atoms with Gasteiger partial charge in [-0.3, -0.25) is 19.5 Å². The van der Waals surface area contributed by atoms with E-state index in [0.29, 0.717) is 11.4 Å². The minimum Gasteiger partial charge on any atom is -0.369 e. The molecule has 1 aliphatic carbocycles. The Labute approximate surface area is 85.1 Å². The van der Waals surface area contributed by atoms with Crippen LogP contribution in [0.5, 0.6) is 0 Å². The predicted molar refractivity (Wildman–Crippen MR) is 53.5 cm³/mol. The van der Waals surface area contributed by atoms with Crippen molar-refractivity contribution in [2.45, 2.75) is 25.3 Å². The van der Waals surface area contributed by atoms with E-state index in [4.69, 9.17) is 5.73 Å². The van der Waals surface area contributed by atoms with E-state index in [9.17, 15) is 9.59 Å². The van der Waals surface area contributed by atoms with Gasteiger partial charge in [0.1, 0.15) is 5.82 Å². The predicted octanol–water partition coefficient (Wildman–Crippen LogP) is -0.596. The molecule has 1 aromatic rings. The Morgan fingerprint density at radius 1 is 1.40 bits per heavy atom. The molecule has 0 saturated heterocycles. The third-order valence-electron chi connectivity index (χ3n) is 2.75. The minimum atomic E-state index is -0.297. The van der Waals surface area contributed by atoms with Crippen molar-refractivity contribution in [1.29, 1.82) is 0 Å². The topological polar surface area (TPSA) is 92.1 Å². The Morgan fingerprint density at radius 3 is 2.80 bits per heavy atom. The second-order valence-electron chi connectivity index (χ2n) is 3.93. The van der Waals surface area contributed by atoms with Crippen molar-refractivity contribution in [1.82, 2.24) is 9.97 Å². The lowest BCUT2D eigenvalue weighted by Crippen LogP contribution is -2.29. The summed E-state index contributed by atoms with van der Waals surface area (Å²) in [7, 11) is 0. The fourth-order valence-corrected chi connectivity index (χ4v) is 1.93. The Kier molecular flexibility index (Phi) is 1.46. The van der Waals surface area contributed by atoms with Gasteiger partial charge in [0.15, 0.2) is 0 Å². The van der Waals surface area contributed by atoms with Gasteiger partial charge >= 0.3 is 0 Å². The highest BCUT2D eigenvalue weighted by molar-refractivity contribution is 6.01. The lowest BCUT2D eigenvalue weighted by molar-refractivity contribution is -0.117. The summed E-state index contributed by atoms with van der Waals surface area (Å²) >= 11 is 0. The zero-order valence-corrected chi connectivity index (χ0v) is 7.99. The Morgan fingerprint density at radius 2 is 2.13 bits per heavy atom. The summed E-state index contributed by atoms with van der Waals surface area (Å²) in [6.07, 6.45) is 2.12. The summed E-state index contributed by atoms with van der Waals surface area (Å²) in [4.78, 5) is 31.2. The van der Waals surface area contributed by atoms with Crippen molar-refractivity contribution in [3.05, 3.63) is 15.9 Å². The average molecular weight is 206 g/mol. The molecule has 2 heterocycles. The van der Waals surface area contributed by atoms with Crippen molar-refractivity contribution in [3.8, 4) is 0 Å². The number of carbonyl (C=O) groups excluding carboxylic acids is 1. The van der Waals surface area contributed by atoms with E-state index in [-0.39, 0.29) is 29.9 Å². The first-order valence-corrected chi connectivity index (χ1v) is 4.87. The van der Waals surface area contributed by atoms with Crippen molar-refractivity contribution >= 4 is 17.7 Å². The first-order valence-electron chi connectivity index (χ1n) is 4.87. The molecule has 3 rings (SSSR count). The molecule has 0 spiro atoms. The average Bonchev–Trinajstić information content (AvgIpc) is 2.91. The van der Waals surface area contributed by atoms with E-state index in [2.05, 4.69) is 9.97 Å². The fraction of sp³-hybridized carbons (Fsp3) is 0.444. The molecule has 2 aliphatic rings. The van der Waals surface area contributed by atoms with Gasteiger partial charge < -0.3 is 5.73 Å². The van der Waals surface area contributed by atoms with E-state index in [1.54, 1.807) is 4.90 Å². The van der Waals surface area contributed by atoms with Crippen molar-refractivity contribution < 1.29 is 4.79 Å². The first-order chi connectivity index (χ1) is 7.16. The minimum absolute atomic E-state index is 0.0453. The van der Waals surface area contributed by atoms with Crippen molar-refractivity contribution in [3.63, 3.8) is 0 Å². The summed E-state index contributed by atoms with van der Waals surface area (Å²) in [6.45, 7) is 0. The highest BCUT2D eigenvalue weighted by Crippen LogP contribution is 2.35. The molecule has 0 radical (unpaired) electrons. The van der Waals surface area contributed by atoms with Gasteiger partial charge in [-0.15, -0.1) is 0 Å². The van der Waals surface area contributed by atoms with Crippen LogP contribution in [0, 0.1) is 0 Å². The second kappa shape index (κ2) is 2.59. The van der Waals surface area contributed by atoms with Crippen molar-refractivity contribution in [2.24, 2.45) is 0 Å². The number of carbonyl (C=O) groups is 1. The number of fused-ring (bicyclic) bond motifs is 1. The molecule has 1 aromatic heterocycles. The van der Waals surface area contributed by atoms with E-state index in [0.717, 1.165) is 12.8 Å². The normalized spacial score (nSPS) is 19.5. The van der Waals surface area contributed by atoms with Gasteiger partial charge in [-0.25, -0.2) is 0 Å². The van der Waals surface area contributed by atoms with Crippen LogP contribution in [0.1, 0.15) is 18.4 Å². The summed E-state index contributed by atoms with van der Waals surface area (Å²) < 4.78 is 0. The van der Waals surface area contributed by atoms with E-state index >= 15 is 0 Å². The molecule has 1 fully saturated rings. The monoisotopic (exact) mass is 206 g/mol. The first kappa shape index (κ1) is 8.46. The quantitative estimate of drug-likeness (QED) is 0.642. The van der Waals surface area contributed by atoms with Crippen LogP contribution in [-0.4, -0.2) is 21.9 Å². The number of hydrogen-bond acceptors (Lipinski definition) is 4. The number of nitrogen functional groups attached to an aromatic ring is 1. The van der Waals surface area contributed by atoms with Gasteiger partial charge in [0, 0.05) is 6.04 Å². The maximum atomic E-state index is 11.7. The highest BCUT2D eigenvalue weighted by Gasteiger charge is 2.41. The summed E-state index contributed by atoms with van der Waals surface area (Å²) in [5, 5.41) is 0. The van der Waals surface area contributed by atoms with Crippen LogP contribution in [-0.2, 0) is 11.2 Å². The molecule has 0 aromatic carbocycles. The zero-order chi connectivity index (χ0) is 10.6. The van der Waals surface area contributed by atoms with Crippen LogP contribution in [0.4, 0.5) is 11.8 Å². The summed E-state index contributed by atoms with van der Waals surface area (Å²) in [6, 6.07) is 0.229. The number of hydrogen-bond donors (Lipinski definition) is 2. The van der Waals surface area contributed by atoms with E-state index in [1.165, 1.54) is 0 Å². The number of nitrogens with two attached hydrogens (primary N) is 1. The van der Waals surface area contributed by atoms with E-state index in [1.807, 2.05) is 0 Å². The summed E-state index contributed by atoms with van der Waals surface area (Å²) in [5.74, 6) is 0.485. The Hall–Kier alpha value is -1.85. The van der Waals surface area contributed by atoms with Crippen LogP contribution in [0.25, 0.3) is 0 Å². The molecule has 78 valence electrons. The van der Waals surface area contributed by atoms with Crippen LogP contribution in [0.3, 0.4) is 0 Å². The molecule has 1 saturated carbocycles. The maximum Gasteiger partial charge on any atom is 0.258 e. The SMILES string of the molecule is Nc1nc2c(c(=O)[nH]1)CC(=O)N2C1CC1. The molecule has 0 atom stereocenters. The molecular weight excluding hydrogens is 196 g/mol. The molecule has 0 bridgehead atoms. The Bertz CT molecular complexity index is 503. The van der Waals surface area contributed by atoms with Gasteiger partial charge in [-0.2, -0.15) is 4.98 Å². The number of rotatable bonds is 1. The molecule has 0 unspecified atom stereocenters. The number of aromatic nitrogens is 2. The molecular formula is C9H10N4O2. The maximum absolute atomic E-state index is 11.7. The largest absolute Gasteiger partial charge is 0.369 e. The Balaban J connectivity index is 2.19. The van der Waals surface area contributed by atoms with Gasteiger partial charge in [-0.05, 0) is 12.8 Å². The number of H-pyrrole nitrogens is 1. The van der Waals surface area contributed by atoms with Gasteiger partial charge in [-0.1, -0.05) is 0 Å². The smallest absolute Gasteiger partial charge is 0.258 e. The molecule has 15 heavy (non-hydrogen) atoms. The van der Waals surface area contributed by atoms with Crippen LogP contribution in [0.2, 0.25) is 0 Å². The number of anilines is 2. The third kappa shape index (κ3) is 1.14. The lowest BCUT2D eigenvalue weighted by Gasteiger charge is -2.14. The van der Waals surface area contributed by atoms with Gasteiger partial charge in [0.25, 0.3) is 5.56 Å². The van der Waals surface area contributed by atoms with Gasteiger partial charge in [0.05, 0.1) is 12.0 Å². The lowest BCUT2D eigenvalue weighted by atomic mass is 10.3. The number of aromatic amines is 1. The molecule has 6 heteroatoms. The van der Waals surface area contributed by atoms with E-state index < -0.39 is 0 Å². The zero-order valence-electron chi connectivity index (χ0n) is 7.99. The van der Waals surface area contributed by atoms with Crippen LogP contribution < -0.4 is 16.2 Å². The van der Waals surface area contributed by atoms with Crippen LogP contribution >= 0.6 is 0 Å². The number of nitrogens with one attached hydrogen (secondary N) is 1. The molecule has 1 amide bonds. The summed E-state index contributed by atoms with van der Waals surface area (Å²) in [5.41, 5.74) is 5.60. The molecule has 3 N–H and O–H groups in total. The molecule has 6 nitrogen and oxygen atoms in total. The second-order valence-corrected chi connectivity index (χ2v) is 3.93. The van der Waals surface area contributed by atoms with Crippen molar-refractivity contribution in [2.75, 3.05) is 10.6 Å². The highest BCUT2D eigenvalue weighted by atomic mass is 16.2. The third-order valence-corrected chi connectivity index (χ3v) is 2.75.